The first-order valence-corrected chi connectivity index (χ1v) is 7.78. The Morgan fingerprint density at radius 1 is 1.05 bits per heavy atom. The topological polar surface area (TPSA) is 32.7 Å². The van der Waals surface area contributed by atoms with Gasteiger partial charge in [-0.1, -0.05) is 46.3 Å². The number of hydrogen-bond acceptors (Lipinski definition) is 2. The van der Waals surface area contributed by atoms with E-state index in [1.54, 1.807) is 0 Å². The zero-order valence-corrected chi connectivity index (χ0v) is 14.0. The van der Waals surface area contributed by atoms with Crippen molar-refractivity contribution in [3.8, 4) is 0 Å². The van der Waals surface area contributed by atoms with Crippen LogP contribution in [0.1, 0.15) is 18.1 Å². The maximum atomic E-state index is 12.7. The van der Waals surface area contributed by atoms with Crippen molar-refractivity contribution in [3.05, 3.63) is 69.7 Å². The van der Waals surface area contributed by atoms with Crippen molar-refractivity contribution in [1.29, 1.82) is 0 Å². The number of carbonyl (C=O) groups is 1. The minimum atomic E-state index is -0.0882. The van der Waals surface area contributed by atoms with Gasteiger partial charge in [-0.25, -0.2) is 0 Å². The molecule has 0 saturated carbocycles. The first-order valence-electron chi connectivity index (χ1n) is 6.99. The predicted molar refractivity (Wildman–Crippen MR) is 93.9 cm³/mol. The second-order valence-corrected chi connectivity index (χ2v) is 6.11. The van der Waals surface area contributed by atoms with Crippen molar-refractivity contribution >= 4 is 39.3 Å². The number of benzene rings is 2. The standard InChI is InChI=1S/C18H15BrN2O/c1-12-5-3-4-6-17(12)21-18(22)16(13(2)20-21)11-14-7-9-15(19)10-8-14/h3-11H,1-2H3/b16-11+. The van der Waals surface area contributed by atoms with Crippen molar-refractivity contribution in [1.82, 2.24) is 0 Å². The van der Waals surface area contributed by atoms with Crippen molar-refractivity contribution < 1.29 is 4.79 Å². The third kappa shape index (κ3) is 2.74. The molecule has 0 saturated heterocycles. The smallest absolute Gasteiger partial charge is 0.267 e. The second kappa shape index (κ2) is 5.89. The van der Waals surface area contributed by atoms with E-state index in [4.69, 9.17) is 0 Å². The molecule has 0 atom stereocenters. The molecule has 1 aliphatic heterocycles. The fourth-order valence-electron chi connectivity index (χ4n) is 2.37. The lowest BCUT2D eigenvalue weighted by atomic mass is 10.1. The molecule has 0 fully saturated rings. The zero-order valence-electron chi connectivity index (χ0n) is 12.4. The van der Waals surface area contributed by atoms with Gasteiger partial charge in [0, 0.05) is 4.47 Å². The summed E-state index contributed by atoms with van der Waals surface area (Å²) in [6.07, 6.45) is 1.88. The molecule has 3 rings (SSSR count). The number of aryl methyl sites for hydroxylation is 1. The van der Waals surface area contributed by atoms with Crippen molar-refractivity contribution in [3.63, 3.8) is 0 Å². The molecule has 4 heteroatoms. The zero-order chi connectivity index (χ0) is 15.7. The van der Waals surface area contributed by atoms with Crippen LogP contribution in [0.2, 0.25) is 0 Å². The maximum absolute atomic E-state index is 12.7. The average molecular weight is 355 g/mol. The molecule has 3 nitrogen and oxygen atoms in total. The quantitative estimate of drug-likeness (QED) is 0.727. The lowest BCUT2D eigenvalue weighted by Crippen LogP contribution is -2.22. The van der Waals surface area contributed by atoms with Gasteiger partial charge in [0.1, 0.15) is 0 Å². The number of para-hydroxylation sites is 1. The molecule has 0 radical (unpaired) electrons. The van der Waals surface area contributed by atoms with E-state index in [0.717, 1.165) is 27.0 Å². The van der Waals surface area contributed by atoms with Gasteiger partial charge in [-0.05, 0) is 49.2 Å². The maximum Gasteiger partial charge on any atom is 0.280 e. The summed E-state index contributed by atoms with van der Waals surface area (Å²) in [5.41, 5.74) is 4.19. The highest BCUT2D eigenvalue weighted by Gasteiger charge is 2.29. The Balaban J connectivity index is 1.97. The summed E-state index contributed by atoms with van der Waals surface area (Å²) >= 11 is 3.41. The normalized spacial score (nSPS) is 16.3. The van der Waals surface area contributed by atoms with Crippen LogP contribution in [0.5, 0.6) is 0 Å². The summed E-state index contributed by atoms with van der Waals surface area (Å²) in [6.45, 7) is 3.84. The molecular formula is C18H15BrN2O. The molecule has 0 unspecified atom stereocenters. The molecule has 0 aliphatic carbocycles. The van der Waals surface area contributed by atoms with Crippen LogP contribution in [0.3, 0.4) is 0 Å². The summed E-state index contributed by atoms with van der Waals surface area (Å²) in [4.78, 5) is 12.7. The van der Waals surface area contributed by atoms with Crippen LogP contribution in [-0.4, -0.2) is 11.6 Å². The van der Waals surface area contributed by atoms with E-state index in [2.05, 4.69) is 21.0 Å². The molecule has 1 amide bonds. The Hall–Kier alpha value is -2.20. The van der Waals surface area contributed by atoms with Gasteiger partial charge in [0.25, 0.3) is 5.91 Å². The molecule has 0 N–H and O–H groups in total. The Morgan fingerprint density at radius 2 is 1.73 bits per heavy atom. The SMILES string of the molecule is CC1=NN(c2ccccc2C)C(=O)/C1=C/c1ccc(Br)cc1. The van der Waals surface area contributed by atoms with Crippen molar-refractivity contribution in [2.45, 2.75) is 13.8 Å². The number of anilines is 1. The van der Waals surface area contributed by atoms with E-state index in [-0.39, 0.29) is 5.91 Å². The number of hydrogen-bond donors (Lipinski definition) is 0. The highest BCUT2D eigenvalue weighted by Crippen LogP contribution is 2.27. The second-order valence-electron chi connectivity index (χ2n) is 5.20. The van der Waals surface area contributed by atoms with Crippen molar-refractivity contribution in [2.75, 3.05) is 5.01 Å². The van der Waals surface area contributed by atoms with Gasteiger partial charge in [0.05, 0.1) is 17.0 Å². The van der Waals surface area contributed by atoms with Crippen LogP contribution in [0.4, 0.5) is 5.69 Å². The number of hydrazone groups is 1. The summed E-state index contributed by atoms with van der Waals surface area (Å²) in [5.74, 6) is -0.0882. The van der Waals surface area contributed by atoms with Gasteiger partial charge in [-0.3, -0.25) is 4.79 Å². The minimum Gasteiger partial charge on any atom is -0.267 e. The highest BCUT2D eigenvalue weighted by atomic mass is 79.9. The Kier molecular flexibility index (Phi) is 3.94. The number of amides is 1. The van der Waals surface area contributed by atoms with Gasteiger partial charge < -0.3 is 0 Å². The molecular weight excluding hydrogens is 340 g/mol. The van der Waals surface area contributed by atoms with E-state index in [1.165, 1.54) is 5.01 Å². The monoisotopic (exact) mass is 354 g/mol. The fourth-order valence-corrected chi connectivity index (χ4v) is 2.64. The molecule has 0 bridgehead atoms. The summed E-state index contributed by atoms with van der Waals surface area (Å²) in [7, 11) is 0. The van der Waals surface area contributed by atoms with E-state index >= 15 is 0 Å². The first-order chi connectivity index (χ1) is 10.6. The highest BCUT2D eigenvalue weighted by molar-refractivity contribution is 9.10. The summed E-state index contributed by atoms with van der Waals surface area (Å²) < 4.78 is 1.01. The first kappa shape index (κ1) is 14.7. The van der Waals surface area contributed by atoms with Gasteiger partial charge in [0.2, 0.25) is 0 Å². The van der Waals surface area contributed by atoms with Gasteiger partial charge in [-0.15, -0.1) is 0 Å². The van der Waals surface area contributed by atoms with Crippen LogP contribution in [0, 0.1) is 6.92 Å². The Labute approximate surface area is 138 Å². The molecule has 2 aromatic rings. The Morgan fingerprint density at radius 3 is 2.41 bits per heavy atom. The van der Waals surface area contributed by atoms with Crippen LogP contribution in [0.15, 0.2) is 63.7 Å². The lowest BCUT2D eigenvalue weighted by Gasteiger charge is -2.14. The Bertz CT molecular complexity index is 791. The van der Waals surface area contributed by atoms with Crippen LogP contribution in [-0.2, 0) is 4.79 Å². The summed E-state index contributed by atoms with van der Waals surface area (Å²) in [5, 5.41) is 5.90. The van der Waals surface area contributed by atoms with E-state index < -0.39 is 0 Å². The number of carbonyl (C=O) groups excluding carboxylic acids is 1. The van der Waals surface area contributed by atoms with Gasteiger partial charge >= 0.3 is 0 Å². The molecule has 1 aliphatic rings. The lowest BCUT2D eigenvalue weighted by molar-refractivity contribution is -0.114. The van der Waals surface area contributed by atoms with E-state index in [9.17, 15) is 4.79 Å². The summed E-state index contributed by atoms with van der Waals surface area (Å²) in [6, 6.07) is 15.6. The van der Waals surface area contributed by atoms with Crippen molar-refractivity contribution in [2.24, 2.45) is 5.10 Å². The molecule has 0 aromatic heterocycles. The van der Waals surface area contributed by atoms with E-state index in [0.29, 0.717) is 5.57 Å². The molecule has 110 valence electrons. The molecule has 0 spiro atoms. The number of halogens is 1. The number of rotatable bonds is 2. The van der Waals surface area contributed by atoms with Gasteiger partial charge in [0.15, 0.2) is 0 Å². The fraction of sp³-hybridized carbons (Fsp3) is 0.111. The minimum absolute atomic E-state index is 0.0882. The third-order valence-corrected chi connectivity index (χ3v) is 4.12. The third-order valence-electron chi connectivity index (χ3n) is 3.59. The molecule has 1 heterocycles. The molecule has 22 heavy (non-hydrogen) atoms. The largest absolute Gasteiger partial charge is 0.280 e. The van der Waals surface area contributed by atoms with Crippen LogP contribution in [0.25, 0.3) is 6.08 Å². The number of nitrogens with zero attached hydrogens (tertiary/aromatic N) is 2. The van der Waals surface area contributed by atoms with Gasteiger partial charge in [-0.2, -0.15) is 10.1 Å². The van der Waals surface area contributed by atoms with Crippen LogP contribution < -0.4 is 5.01 Å². The average Bonchev–Trinajstić information content (AvgIpc) is 2.78. The van der Waals surface area contributed by atoms with E-state index in [1.807, 2.05) is 68.5 Å². The van der Waals surface area contributed by atoms with Crippen LogP contribution >= 0.6 is 15.9 Å². The molecule has 2 aromatic carbocycles. The predicted octanol–water partition coefficient (Wildman–Crippen LogP) is 4.56.